The van der Waals surface area contributed by atoms with Crippen LogP contribution in [0, 0.1) is 5.82 Å². The summed E-state index contributed by atoms with van der Waals surface area (Å²) in [7, 11) is 0. The van der Waals surface area contributed by atoms with Crippen LogP contribution in [0.15, 0.2) is 16.6 Å². The SMILES string of the molecule is CC1(C)NC(=O)c2cc(F)c(Br)cc21. The maximum Gasteiger partial charge on any atom is 0.252 e. The third kappa shape index (κ3) is 1.25. The van der Waals surface area contributed by atoms with Crippen LogP contribution in [0.25, 0.3) is 0 Å². The van der Waals surface area contributed by atoms with Gasteiger partial charge in [0.2, 0.25) is 0 Å². The van der Waals surface area contributed by atoms with Crippen LogP contribution in [0.3, 0.4) is 0 Å². The van der Waals surface area contributed by atoms with E-state index in [1.54, 1.807) is 6.07 Å². The van der Waals surface area contributed by atoms with Crippen molar-refractivity contribution in [2.45, 2.75) is 19.4 Å². The van der Waals surface area contributed by atoms with Gasteiger partial charge in [-0.15, -0.1) is 0 Å². The Kier molecular flexibility index (Phi) is 1.93. The van der Waals surface area contributed by atoms with Gasteiger partial charge in [0, 0.05) is 5.56 Å². The van der Waals surface area contributed by atoms with Crippen molar-refractivity contribution in [3.63, 3.8) is 0 Å². The highest BCUT2D eigenvalue weighted by Crippen LogP contribution is 2.33. The molecule has 0 bridgehead atoms. The van der Waals surface area contributed by atoms with Crippen LogP contribution in [0.4, 0.5) is 4.39 Å². The van der Waals surface area contributed by atoms with E-state index in [2.05, 4.69) is 21.2 Å². The molecule has 0 radical (unpaired) electrons. The summed E-state index contributed by atoms with van der Waals surface area (Å²) in [4.78, 5) is 11.5. The minimum Gasteiger partial charge on any atom is -0.343 e. The van der Waals surface area contributed by atoms with Crippen LogP contribution in [0.2, 0.25) is 0 Å². The number of carbonyl (C=O) groups is 1. The predicted octanol–water partition coefficient (Wildman–Crippen LogP) is 2.57. The molecule has 2 rings (SSSR count). The predicted molar refractivity (Wildman–Crippen MR) is 54.6 cm³/mol. The van der Waals surface area contributed by atoms with Gasteiger partial charge in [-0.1, -0.05) is 0 Å². The third-order valence-electron chi connectivity index (χ3n) is 2.40. The molecule has 0 spiro atoms. The molecule has 4 heteroatoms. The molecule has 0 saturated heterocycles. The number of nitrogens with one attached hydrogen (secondary N) is 1. The lowest BCUT2D eigenvalue weighted by Crippen LogP contribution is -2.32. The van der Waals surface area contributed by atoms with E-state index < -0.39 is 11.4 Å². The summed E-state index contributed by atoms with van der Waals surface area (Å²) in [5.74, 6) is -0.618. The van der Waals surface area contributed by atoms with E-state index in [1.165, 1.54) is 6.07 Å². The minimum atomic E-state index is -0.414. The second-order valence-electron chi connectivity index (χ2n) is 3.89. The summed E-state index contributed by atoms with van der Waals surface area (Å²) in [5, 5.41) is 2.79. The molecule has 0 aliphatic carbocycles. The first kappa shape index (κ1) is 9.65. The summed E-state index contributed by atoms with van der Waals surface area (Å²) in [5.41, 5.74) is 0.842. The van der Waals surface area contributed by atoms with Gasteiger partial charge in [0.1, 0.15) is 5.82 Å². The molecule has 1 aromatic carbocycles. The molecule has 2 nitrogen and oxygen atoms in total. The number of hydrogen-bond acceptors (Lipinski definition) is 1. The largest absolute Gasteiger partial charge is 0.343 e. The average molecular weight is 258 g/mol. The molecule has 14 heavy (non-hydrogen) atoms. The van der Waals surface area contributed by atoms with Gasteiger partial charge >= 0.3 is 0 Å². The van der Waals surface area contributed by atoms with Gasteiger partial charge in [0.15, 0.2) is 0 Å². The number of carbonyl (C=O) groups excluding carboxylic acids is 1. The quantitative estimate of drug-likeness (QED) is 0.761. The van der Waals surface area contributed by atoms with Crippen LogP contribution < -0.4 is 5.32 Å². The van der Waals surface area contributed by atoms with Gasteiger partial charge in [-0.2, -0.15) is 0 Å². The maximum atomic E-state index is 13.2. The standard InChI is InChI=1S/C10H9BrFNO/c1-10(2)6-4-7(11)8(12)3-5(6)9(14)13-10/h3-4H,1-2H3,(H,13,14). The fourth-order valence-corrected chi connectivity index (χ4v) is 2.01. The highest BCUT2D eigenvalue weighted by atomic mass is 79.9. The molecule has 1 aliphatic heterocycles. The van der Waals surface area contributed by atoms with E-state index in [9.17, 15) is 9.18 Å². The van der Waals surface area contributed by atoms with Crippen molar-refractivity contribution in [2.75, 3.05) is 0 Å². The lowest BCUT2D eigenvalue weighted by atomic mass is 9.95. The van der Waals surface area contributed by atoms with Crippen LogP contribution >= 0.6 is 15.9 Å². The summed E-state index contributed by atoms with van der Waals surface area (Å²) in [6, 6.07) is 2.92. The fraction of sp³-hybridized carbons (Fsp3) is 0.300. The zero-order chi connectivity index (χ0) is 10.5. The molecule has 0 aromatic heterocycles. The normalized spacial score (nSPS) is 17.9. The summed E-state index contributed by atoms with van der Waals surface area (Å²) < 4.78 is 13.6. The topological polar surface area (TPSA) is 29.1 Å². The van der Waals surface area contributed by atoms with Crippen molar-refractivity contribution >= 4 is 21.8 Å². The second kappa shape index (κ2) is 2.79. The third-order valence-corrected chi connectivity index (χ3v) is 3.01. The van der Waals surface area contributed by atoms with Crippen molar-refractivity contribution in [3.8, 4) is 0 Å². The Hall–Kier alpha value is -0.900. The van der Waals surface area contributed by atoms with Crippen LogP contribution in [-0.4, -0.2) is 5.91 Å². The van der Waals surface area contributed by atoms with E-state index in [4.69, 9.17) is 0 Å². The molecule has 0 saturated carbocycles. The van der Waals surface area contributed by atoms with E-state index in [0.717, 1.165) is 5.56 Å². The van der Waals surface area contributed by atoms with Crippen molar-refractivity contribution in [2.24, 2.45) is 0 Å². The molecule has 0 unspecified atom stereocenters. The molecule has 1 N–H and O–H groups in total. The lowest BCUT2D eigenvalue weighted by Gasteiger charge is -2.19. The minimum absolute atomic E-state index is 0.212. The number of benzene rings is 1. The first-order valence-electron chi connectivity index (χ1n) is 4.24. The average Bonchev–Trinajstić information content (AvgIpc) is 2.26. The first-order valence-corrected chi connectivity index (χ1v) is 5.03. The van der Waals surface area contributed by atoms with Crippen molar-refractivity contribution in [1.29, 1.82) is 0 Å². The van der Waals surface area contributed by atoms with Crippen LogP contribution in [0.5, 0.6) is 0 Å². The molecule has 1 aromatic rings. The van der Waals surface area contributed by atoms with Gasteiger partial charge < -0.3 is 5.32 Å². The second-order valence-corrected chi connectivity index (χ2v) is 4.75. The molecule has 1 aliphatic rings. The van der Waals surface area contributed by atoms with Crippen molar-refractivity contribution in [3.05, 3.63) is 33.5 Å². The molecule has 0 atom stereocenters. The number of hydrogen-bond donors (Lipinski definition) is 1. The number of fused-ring (bicyclic) bond motifs is 1. The van der Waals surface area contributed by atoms with E-state index >= 15 is 0 Å². The Morgan fingerprint density at radius 2 is 2.07 bits per heavy atom. The van der Waals surface area contributed by atoms with Crippen molar-refractivity contribution < 1.29 is 9.18 Å². The Bertz CT molecular complexity index is 428. The number of halogens is 2. The maximum absolute atomic E-state index is 13.2. The van der Waals surface area contributed by atoms with Gasteiger partial charge in [-0.05, 0) is 47.5 Å². The number of amides is 1. The molecule has 1 amide bonds. The molecular formula is C10H9BrFNO. The molecule has 74 valence electrons. The number of rotatable bonds is 0. The summed E-state index contributed by atoms with van der Waals surface area (Å²) in [6.07, 6.45) is 0. The molecule has 1 heterocycles. The highest BCUT2D eigenvalue weighted by molar-refractivity contribution is 9.10. The first-order chi connectivity index (χ1) is 6.42. The van der Waals surface area contributed by atoms with Crippen LogP contribution in [0.1, 0.15) is 29.8 Å². The summed E-state index contributed by atoms with van der Waals surface area (Å²) >= 11 is 3.11. The zero-order valence-electron chi connectivity index (χ0n) is 7.82. The van der Waals surface area contributed by atoms with Gasteiger partial charge in [0.05, 0.1) is 10.0 Å². The van der Waals surface area contributed by atoms with Gasteiger partial charge in [-0.25, -0.2) is 4.39 Å². The highest BCUT2D eigenvalue weighted by Gasteiger charge is 2.35. The van der Waals surface area contributed by atoms with Gasteiger partial charge in [-0.3, -0.25) is 4.79 Å². The van der Waals surface area contributed by atoms with E-state index in [0.29, 0.717) is 10.0 Å². The Labute approximate surface area is 89.6 Å². The monoisotopic (exact) mass is 257 g/mol. The fourth-order valence-electron chi connectivity index (χ4n) is 1.67. The van der Waals surface area contributed by atoms with E-state index in [1.807, 2.05) is 13.8 Å². The van der Waals surface area contributed by atoms with Crippen LogP contribution in [-0.2, 0) is 5.54 Å². The lowest BCUT2D eigenvalue weighted by molar-refractivity contribution is 0.0940. The Morgan fingerprint density at radius 3 is 2.71 bits per heavy atom. The zero-order valence-corrected chi connectivity index (χ0v) is 9.40. The van der Waals surface area contributed by atoms with Gasteiger partial charge in [0.25, 0.3) is 5.91 Å². The molecular weight excluding hydrogens is 249 g/mol. The summed E-state index contributed by atoms with van der Waals surface area (Å²) in [6.45, 7) is 3.78. The smallest absolute Gasteiger partial charge is 0.252 e. The van der Waals surface area contributed by atoms with Crippen molar-refractivity contribution in [1.82, 2.24) is 5.32 Å². The Balaban J connectivity index is 2.70. The molecule has 0 fully saturated rings. The Morgan fingerprint density at radius 1 is 1.43 bits per heavy atom. The van der Waals surface area contributed by atoms with E-state index in [-0.39, 0.29) is 5.91 Å².